The van der Waals surface area contributed by atoms with Crippen LogP contribution in [0.4, 0.5) is 92.0 Å². The number of aromatic nitrogens is 14. The van der Waals surface area contributed by atoms with E-state index in [1.807, 2.05) is 297 Å². The summed E-state index contributed by atoms with van der Waals surface area (Å²) in [4.78, 5) is 87.9. The van der Waals surface area contributed by atoms with Gasteiger partial charge in [0, 0.05) is 158 Å². The second kappa shape index (κ2) is 47.9. The predicted octanol–water partition coefficient (Wildman–Crippen LogP) is 15.6. The van der Waals surface area contributed by atoms with E-state index >= 15 is 0 Å². The monoisotopic (exact) mass is 1930 g/mol. The number of rotatable bonds is 39. The van der Waals surface area contributed by atoms with E-state index in [4.69, 9.17) is 34.2 Å². The van der Waals surface area contributed by atoms with Gasteiger partial charge in [-0.3, -0.25) is 24.2 Å². The Kier molecular flexibility index (Phi) is 34.5. The van der Waals surface area contributed by atoms with E-state index in [1.165, 1.54) is 24.3 Å². The molecule has 0 aliphatic heterocycles. The summed E-state index contributed by atoms with van der Waals surface area (Å²) in [5.41, 5.74) is 19.6. The number of benzene rings is 6. The lowest BCUT2D eigenvalue weighted by molar-refractivity contribution is -0.112. The van der Waals surface area contributed by atoms with Crippen molar-refractivity contribution in [2.75, 3.05) is 228 Å². The second-order valence-corrected chi connectivity index (χ2v) is 34.6. The number of para-hydroxylation sites is 1. The standard InChI is InChI=1S/C30H32N8O2.C27H31N7O2.C26H32N8O2.C22H29N7O2/c1-6-29(39)33-24-16-25(28(40-5)17-27(24)37(4)14-13-36(2)3)34-30-32-19-22-11-12-26(38(22)35-30)21-15-20-9-7-8-10-23(20)31-18-21;1-6-26(35)29-21-16-22(25(36-5)17-24(21)33(4)15-14-32(2)3)30-27-28-18-20-12-13-23(34(20)31-27)19-10-8-7-9-11-19;1-7-25(35)28-20-14-21(24(36-6)15-23(20)33(5)13-12-31(2)3)29-26-27-16-19-8-9-22(34(19)30-26)18-10-11-32(4)17-18;1-7-21(30)24-17-12-18(20(31-6)13-19(17)28(5)11-10-27(3)4)25-22-23-14-16-9-8-15(2)29(16)26-22/h6-12,15-19H,1,13-14H2,2-5H3,(H,33,39)(H,34,35);6-13,16-18H,1,14-15H2,2-5H3,(H,29,35)(H,30,31);7-11,14-17H,1,12-13H2,2-6H3,(H,28,35)(H,29,30);7-9,12-14H,1,10-11H2,2-6H3,(H,24,30)(H,25,26). The molecule has 0 saturated heterocycles. The van der Waals surface area contributed by atoms with E-state index in [1.54, 1.807) is 53.2 Å². The number of methoxy groups -OCH3 is 4. The molecule has 0 fully saturated rings. The van der Waals surface area contributed by atoms with Crippen LogP contribution in [0.5, 0.6) is 23.0 Å². The minimum Gasteiger partial charge on any atom is -0.494 e. The number of carbonyl (C=O) groups excluding carboxylic acids is 4. The zero-order valence-corrected chi connectivity index (χ0v) is 84.0. The molecule has 38 heteroatoms. The summed E-state index contributed by atoms with van der Waals surface area (Å²) >= 11 is 0. The van der Waals surface area contributed by atoms with E-state index in [0.29, 0.717) is 92.3 Å². The summed E-state index contributed by atoms with van der Waals surface area (Å²) in [6, 6.07) is 52.9. The van der Waals surface area contributed by atoms with Crippen LogP contribution in [0.2, 0.25) is 0 Å². The van der Waals surface area contributed by atoms with Gasteiger partial charge in [-0.1, -0.05) is 74.8 Å². The predicted molar refractivity (Wildman–Crippen MR) is 575 cm³/mol. The third-order valence-corrected chi connectivity index (χ3v) is 23.1. The van der Waals surface area contributed by atoms with Crippen LogP contribution in [0.1, 0.15) is 5.69 Å². The number of amides is 4. The van der Waals surface area contributed by atoms with Gasteiger partial charge in [0.2, 0.25) is 47.4 Å². The number of aryl methyl sites for hydroxylation is 2. The molecule has 0 radical (unpaired) electrons. The Morgan fingerprint density at radius 2 is 0.636 bits per heavy atom. The number of carbonyl (C=O) groups is 4. The summed E-state index contributed by atoms with van der Waals surface area (Å²) < 4.78 is 32.1. The molecule has 16 aromatic rings. The number of likely N-dealkylation sites (N-methyl/N-ethyl adjacent to an activating group) is 8. The van der Waals surface area contributed by atoms with Gasteiger partial charge in [-0.15, -0.1) is 20.4 Å². The number of hydrogen-bond acceptors (Lipinski definition) is 29. The van der Waals surface area contributed by atoms with E-state index < -0.39 is 0 Å². The smallest absolute Gasteiger partial charge is 0.247 e. The molecule has 6 aromatic carbocycles. The van der Waals surface area contributed by atoms with Crippen molar-refractivity contribution in [2.45, 2.75) is 6.92 Å². The summed E-state index contributed by atoms with van der Waals surface area (Å²) in [6.45, 7) is 22.7. The fourth-order valence-electron chi connectivity index (χ4n) is 15.2. The van der Waals surface area contributed by atoms with Crippen molar-refractivity contribution < 1.29 is 38.1 Å². The van der Waals surface area contributed by atoms with Crippen molar-refractivity contribution >= 4 is 149 Å². The molecular weight excluding hydrogens is 1810 g/mol. The van der Waals surface area contributed by atoms with Crippen LogP contribution >= 0.6 is 0 Å². The molecular formula is C105H124N30O8. The molecule has 0 aliphatic carbocycles. The lowest BCUT2D eigenvalue weighted by Crippen LogP contribution is -2.29. The summed E-state index contributed by atoms with van der Waals surface area (Å²) in [5.74, 6) is 2.75. The molecule has 10 aromatic heterocycles. The number of hydrogen-bond donors (Lipinski definition) is 8. The largest absolute Gasteiger partial charge is 0.494 e. The molecule has 0 saturated carbocycles. The van der Waals surface area contributed by atoms with Gasteiger partial charge in [-0.25, -0.2) is 38.0 Å². The van der Waals surface area contributed by atoms with Crippen molar-refractivity contribution in [2.24, 2.45) is 7.05 Å². The maximum atomic E-state index is 12.3. The quantitative estimate of drug-likeness (QED) is 0.0166. The van der Waals surface area contributed by atoms with E-state index in [2.05, 4.69) is 144 Å². The molecule has 38 nitrogen and oxygen atoms in total. The highest BCUT2D eigenvalue weighted by molar-refractivity contribution is 6.05. The van der Waals surface area contributed by atoms with Gasteiger partial charge in [0.1, 0.15) is 23.0 Å². The molecule has 742 valence electrons. The maximum absolute atomic E-state index is 12.3. The first-order valence-corrected chi connectivity index (χ1v) is 45.9. The Bertz CT molecular complexity index is 7220. The Balaban J connectivity index is 0.000000161. The van der Waals surface area contributed by atoms with Crippen molar-refractivity contribution in [3.8, 4) is 56.8 Å². The number of pyridine rings is 1. The van der Waals surface area contributed by atoms with Crippen molar-refractivity contribution in [1.82, 2.24) is 87.5 Å². The number of nitrogens with one attached hydrogen (secondary N) is 8. The number of fused-ring (bicyclic) bond motifs is 5. The minimum absolute atomic E-state index is 0.293. The average molecular weight is 1930 g/mol. The SMILES string of the molecule is C=CC(=O)Nc1cc(Nc2ncc3ccc(-c4ccccc4)n3n2)c(OC)cc1N(C)CCN(C)C.C=CC(=O)Nc1cc(Nc2ncc3ccc(-c4ccn(C)c4)n3n2)c(OC)cc1N(C)CCN(C)C.C=CC(=O)Nc1cc(Nc2ncc3ccc(-c4cnc5ccccc5c4)n3n2)c(OC)cc1N(C)CCN(C)C.C=CC(=O)Nc1cc(Nc2ncc3ccc(C)n3n2)c(OC)cc1N(C)CCN(C)C. The Hall–Kier alpha value is -17.2. The summed E-state index contributed by atoms with van der Waals surface area (Å²) in [5, 5.41) is 44.4. The van der Waals surface area contributed by atoms with Gasteiger partial charge in [-0.2, -0.15) is 0 Å². The second-order valence-electron chi connectivity index (χ2n) is 34.6. The Morgan fingerprint density at radius 1 is 0.329 bits per heavy atom. The van der Waals surface area contributed by atoms with Crippen LogP contribution in [0.25, 0.3) is 66.7 Å². The molecule has 8 N–H and O–H groups in total. The van der Waals surface area contributed by atoms with Crippen LogP contribution in [0.15, 0.2) is 258 Å². The van der Waals surface area contributed by atoms with Crippen LogP contribution < -0.4 is 81.1 Å². The average Bonchev–Trinajstić information content (AvgIpc) is 1.79. The Labute approximate surface area is 831 Å². The third kappa shape index (κ3) is 26.2. The maximum Gasteiger partial charge on any atom is 0.247 e. The van der Waals surface area contributed by atoms with Crippen LogP contribution in [0, 0.1) is 6.92 Å². The summed E-state index contributed by atoms with van der Waals surface area (Å²) in [7, 11) is 32.5. The zero-order chi connectivity index (χ0) is 102. The highest BCUT2D eigenvalue weighted by atomic mass is 16.5. The molecule has 0 bridgehead atoms. The van der Waals surface area contributed by atoms with E-state index in [0.717, 1.165) is 148 Å². The zero-order valence-electron chi connectivity index (χ0n) is 84.0. The van der Waals surface area contributed by atoms with Gasteiger partial charge in [0.25, 0.3) is 0 Å². The van der Waals surface area contributed by atoms with Crippen molar-refractivity contribution in [3.05, 3.63) is 263 Å². The van der Waals surface area contributed by atoms with Gasteiger partial charge in [0.15, 0.2) is 0 Å². The molecule has 143 heavy (non-hydrogen) atoms. The molecule has 0 aliphatic rings. The van der Waals surface area contributed by atoms with Gasteiger partial charge in [0.05, 0.1) is 166 Å². The van der Waals surface area contributed by atoms with E-state index in [-0.39, 0.29) is 23.6 Å². The third-order valence-electron chi connectivity index (χ3n) is 23.1. The Morgan fingerprint density at radius 3 is 0.958 bits per heavy atom. The van der Waals surface area contributed by atoms with Crippen LogP contribution in [-0.4, -0.2) is 277 Å². The number of anilines is 16. The van der Waals surface area contributed by atoms with Crippen molar-refractivity contribution in [3.63, 3.8) is 0 Å². The number of nitrogens with zero attached hydrogens (tertiary/aromatic N) is 22. The minimum atomic E-state index is -0.308. The molecule has 0 unspecified atom stereocenters. The van der Waals surface area contributed by atoms with Crippen LogP contribution in [0.3, 0.4) is 0 Å². The first-order chi connectivity index (χ1) is 68.8. The first kappa shape index (κ1) is 103. The van der Waals surface area contributed by atoms with E-state index in [9.17, 15) is 19.2 Å². The van der Waals surface area contributed by atoms with Gasteiger partial charge in [-0.05, 0) is 179 Å². The fraction of sp³-hybridized carbons (Fsp3) is 0.248. The summed E-state index contributed by atoms with van der Waals surface area (Å²) in [6.07, 6.45) is 17.9. The highest BCUT2D eigenvalue weighted by Gasteiger charge is 2.25. The molecule has 16 rings (SSSR count). The van der Waals surface area contributed by atoms with Crippen molar-refractivity contribution in [1.29, 1.82) is 0 Å². The lowest BCUT2D eigenvalue weighted by Gasteiger charge is -2.25. The fourth-order valence-corrected chi connectivity index (χ4v) is 15.2. The normalized spacial score (nSPS) is 11.0. The topological polar surface area (TPSA) is 366 Å². The first-order valence-electron chi connectivity index (χ1n) is 45.9. The van der Waals surface area contributed by atoms with Gasteiger partial charge < -0.3 is 105 Å². The molecule has 10 heterocycles. The molecule has 0 atom stereocenters. The van der Waals surface area contributed by atoms with Gasteiger partial charge >= 0.3 is 0 Å². The molecule has 0 spiro atoms. The highest BCUT2D eigenvalue weighted by Crippen LogP contribution is 2.44. The molecule has 4 amide bonds. The number of ether oxygens (including phenoxy) is 4. The lowest BCUT2D eigenvalue weighted by atomic mass is 10.1. The van der Waals surface area contributed by atoms with Crippen LogP contribution in [-0.2, 0) is 26.2 Å².